The molecule has 1 N–H and O–H groups in total. The fourth-order valence-corrected chi connectivity index (χ4v) is 2.86. The van der Waals surface area contributed by atoms with E-state index < -0.39 is 0 Å². The molecule has 24 heavy (non-hydrogen) atoms. The van der Waals surface area contributed by atoms with Crippen molar-refractivity contribution in [1.29, 1.82) is 0 Å². The summed E-state index contributed by atoms with van der Waals surface area (Å²) in [6.45, 7) is 6.63. The Balaban J connectivity index is 1.86. The highest BCUT2D eigenvalue weighted by atomic mass is 32.1. The lowest BCUT2D eigenvalue weighted by Crippen LogP contribution is -2.30. The SMILES string of the molecule is C=CC(=O)Nc1ccc(CCC(=O)N(CC)Cc2nccs2)cc1. The lowest BCUT2D eigenvalue weighted by Gasteiger charge is -2.19. The number of nitrogens with zero attached hydrogens (tertiary/aromatic N) is 2. The smallest absolute Gasteiger partial charge is 0.247 e. The third kappa shape index (κ3) is 5.31. The summed E-state index contributed by atoms with van der Waals surface area (Å²) in [6.07, 6.45) is 4.11. The number of amides is 2. The Kier molecular flexibility index (Phi) is 6.69. The van der Waals surface area contributed by atoms with Gasteiger partial charge in [0.15, 0.2) is 0 Å². The molecule has 1 heterocycles. The molecule has 0 unspecified atom stereocenters. The molecule has 0 aliphatic carbocycles. The summed E-state index contributed by atoms with van der Waals surface area (Å²) in [4.78, 5) is 29.6. The van der Waals surface area contributed by atoms with Crippen molar-refractivity contribution < 1.29 is 9.59 Å². The predicted molar refractivity (Wildman–Crippen MR) is 96.8 cm³/mol. The van der Waals surface area contributed by atoms with E-state index in [-0.39, 0.29) is 11.8 Å². The second kappa shape index (κ2) is 8.98. The number of aryl methyl sites for hydroxylation is 1. The van der Waals surface area contributed by atoms with Gasteiger partial charge in [-0.2, -0.15) is 0 Å². The van der Waals surface area contributed by atoms with Crippen molar-refractivity contribution in [3.8, 4) is 0 Å². The third-order valence-corrected chi connectivity index (χ3v) is 4.34. The first-order valence-corrected chi connectivity index (χ1v) is 8.68. The first kappa shape index (κ1) is 17.9. The van der Waals surface area contributed by atoms with Gasteiger partial charge in [-0.05, 0) is 37.1 Å². The maximum absolute atomic E-state index is 12.4. The van der Waals surface area contributed by atoms with Gasteiger partial charge in [0.1, 0.15) is 5.01 Å². The van der Waals surface area contributed by atoms with Crippen LogP contribution in [-0.2, 0) is 22.6 Å². The first-order valence-electron chi connectivity index (χ1n) is 7.81. The van der Waals surface area contributed by atoms with Crippen LogP contribution in [0.4, 0.5) is 5.69 Å². The molecule has 5 nitrogen and oxygen atoms in total. The zero-order valence-electron chi connectivity index (χ0n) is 13.7. The van der Waals surface area contributed by atoms with Crippen LogP contribution in [0.2, 0.25) is 0 Å². The van der Waals surface area contributed by atoms with E-state index in [9.17, 15) is 9.59 Å². The minimum Gasteiger partial charge on any atom is -0.336 e. The van der Waals surface area contributed by atoms with Gasteiger partial charge in [0.25, 0.3) is 0 Å². The molecule has 0 saturated heterocycles. The average molecular weight is 343 g/mol. The van der Waals surface area contributed by atoms with Crippen LogP contribution >= 0.6 is 11.3 Å². The van der Waals surface area contributed by atoms with Crippen molar-refractivity contribution >= 4 is 28.8 Å². The average Bonchev–Trinajstić information content (AvgIpc) is 3.11. The van der Waals surface area contributed by atoms with Gasteiger partial charge in [-0.1, -0.05) is 18.7 Å². The molecule has 0 aliphatic rings. The van der Waals surface area contributed by atoms with Crippen LogP contribution in [0.3, 0.4) is 0 Å². The van der Waals surface area contributed by atoms with Crippen LogP contribution in [0.25, 0.3) is 0 Å². The standard InChI is InChI=1S/C18H21N3O2S/c1-3-16(22)20-15-8-5-14(6-9-15)7-10-18(23)21(4-2)13-17-19-11-12-24-17/h3,5-6,8-9,11-12H,1,4,7,10,13H2,2H3,(H,20,22). The summed E-state index contributed by atoms with van der Waals surface area (Å²) < 4.78 is 0. The van der Waals surface area contributed by atoms with Gasteiger partial charge in [-0.25, -0.2) is 4.98 Å². The molecular formula is C18H21N3O2S. The highest BCUT2D eigenvalue weighted by Gasteiger charge is 2.13. The van der Waals surface area contributed by atoms with E-state index in [0.717, 1.165) is 10.6 Å². The number of carbonyl (C=O) groups is 2. The van der Waals surface area contributed by atoms with Crippen LogP contribution in [0.5, 0.6) is 0 Å². The quantitative estimate of drug-likeness (QED) is 0.749. The number of hydrogen-bond donors (Lipinski definition) is 1. The zero-order chi connectivity index (χ0) is 17.4. The molecule has 126 valence electrons. The summed E-state index contributed by atoms with van der Waals surface area (Å²) >= 11 is 1.56. The van der Waals surface area contributed by atoms with Gasteiger partial charge in [0, 0.05) is 30.2 Å². The molecule has 0 atom stereocenters. The molecule has 1 aromatic carbocycles. The maximum Gasteiger partial charge on any atom is 0.247 e. The maximum atomic E-state index is 12.4. The number of aromatic nitrogens is 1. The zero-order valence-corrected chi connectivity index (χ0v) is 14.5. The molecule has 0 bridgehead atoms. The fraction of sp³-hybridized carbons (Fsp3) is 0.278. The monoisotopic (exact) mass is 343 g/mol. The molecule has 0 spiro atoms. The number of benzene rings is 1. The van der Waals surface area contributed by atoms with Crippen molar-refractivity contribution in [1.82, 2.24) is 9.88 Å². The van der Waals surface area contributed by atoms with Crippen molar-refractivity contribution in [3.63, 3.8) is 0 Å². The van der Waals surface area contributed by atoms with E-state index >= 15 is 0 Å². The van der Waals surface area contributed by atoms with Gasteiger partial charge >= 0.3 is 0 Å². The molecule has 2 rings (SSSR count). The number of carbonyl (C=O) groups excluding carboxylic acids is 2. The normalized spacial score (nSPS) is 10.2. The lowest BCUT2D eigenvalue weighted by molar-refractivity contribution is -0.131. The molecule has 0 saturated carbocycles. The highest BCUT2D eigenvalue weighted by molar-refractivity contribution is 7.09. The number of rotatable bonds is 8. The van der Waals surface area contributed by atoms with Crippen LogP contribution in [0.1, 0.15) is 23.9 Å². The van der Waals surface area contributed by atoms with Crippen molar-refractivity contribution in [2.45, 2.75) is 26.3 Å². The van der Waals surface area contributed by atoms with E-state index in [2.05, 4.69) is 16.9 Å². The van der Waals surface area contributed by atoms with Gasteiger partial charge in [0.05, 0.1) is 6.54 Å². The fourth-order valence-electron chi connectivity index (χ4n) is 2.23. The second-order valence-electron chi connectivity index (χ2n) is 5.22. The lowest BCUT2D eigenvalue weighted by atomic mass is 10.1. The molecule has 0 radical (unpaired) electrons. The van der Waals surface area contributed by atoms with E-state index in [4.69, 9.17) is 0 Å². The number of hydrogen-bond acceptors (Lipinski definition) is 4. The summed E-state index contributed by atoms with van der Waals surface area (Å²) in [7, 11) is 0. The van der Waals surface area contributed by atoms with Crippen LogP contribution in [0.15, 0.2) is 48.5 Å². The van der Waals surface area contributed by atoms with Gasteiger partial charge in [-0.3, -0.25) is 9.59 Å². The number of anilines is 1. The van der Waals surface area contributed by atoms with E-state index in [1.54, 1.807) is 17.5 Å². The van der Waals surface area contributed by atoms with Gasteiger partial charge < -0.3 is 10.2 Å². The van der Waals surface area contributed by atoms with E-state index in [1.165, 1.54) is 6.08 Å². The van der Waals surface area contributed by atoms with Crippen LogP contribution in [-0.4, -0.2) is 28.2 Å². The molecule has 0 fully saturated rings. The van der Waals surface area contributed by atoms with Crippen molar-refractivity contribution in [3.05, 3.63) is 59.1 Å². The predicted octanol–water partition coefficient (Wildman–Crippen LogP) is 3.25. The van der Waals surface area contributed by atoms with Crippen molar-refractivity contribution in [2.75, 3.05) is 11.9 Å². The third-order valence-electron chi connectivity index (χ3n) is 3.58. The Bertz CT molecular complexity index is 681. The second-order valence-corrected chi connectivity index (χ2v) is 6.20. The first-order chi connectivity index (χ1) is 11.6. The summed E-state index contributed by atoms with van der Waals surface area (Å²) in [5, 5.41) is 5.57. The topological polar surface area (TPSA) is 62.3 Å². The summed E-state index contributed by atoms with van der Waals surface area (Å²) in [5.41, 5.74) is 1.78. The minimum absolute atomic E-state index is 0.122. The van der Waals surface area contributed by atoms with Crippen LogP contribution in [0, 0.1) is 0 Å². The molecule has 2 aromatic rings. The van der Waals surface area contributed by atoms with Gasteiger partial charge in [-0.15, -0.1) is 11.3 Å². The Morgan fingerprint density at radius 3 is 2.67 bits per heavy atom. The van der Waals surface area contributed by atoms with E-state index in [0.29, 0.717) is 31.6 Å². The Labute approximate surface area is 146 Å². The Morgan fingerprint density at radius 1 is 1.33 bits per heavy atom. The Hall–Kier alpha value is -2.47. The number of nitrogens with one attached hydrogen (secondary N) is 1. The molecule has 2 amide bonds. The highest BCUT2D eigenvalue weighted by Crippen LogP contribution is 2.13. The minimum atomic E-state index is -0.237. The molecule has 6 heteroatoms. The van der Waals surface area contributed by atoms with Crippen molar-refractivity contribution in [2.24, 2.45) is 0 Å². The number of thiazole rings is 1. The summed E-state index contributed by atoms with van der Waals surface area (Å²) in [6, 6.07) is 7.49. The van der Waals surface area contributed by atoms with E-state index in [1.807, 2.05) is 41.5 Å². The molecular weight excluding hydrogens is 322 g/mol. The van der Waals surface area contributed by atoms with Crippen LogP contribution < -0.4 is 5.32 Å². The Morgan fingerprint density at radius 2 is 2.08 bits per heavy atom. The summed E-state index contributed by atoms with van der Waals surface area (Å²) in [5.74, 6) is -0.115. The van der Waals surface area contributed by atoms with Gasteiger partial charge in [0.2, 0.25) is 11.8 Å². The largest absolute Gasteiger partial charge is 0.336 e. The molecule has 0 aliphatic heterocycles. The molecule has 1 aromatic heterocycles.